The van der Waals surface area contributed by atoms with Crippen molar-refractivity contribution < 1.29 is 18.0 Å². The lowest BCUT2D eigenvalue weighted by molar-refractivity contribution is -0.135. The number of benzene rings is 2. The van der Waals surface area contributed by atoms with Gasteiger partial charge in [0, 0.05) is 41.3 Å². The Balaban J connectivity index is 1.59. The van der Waals surface area contributed by atoms with Gasteiger partial charge in [0.1, 0.15) is 4.90 Å². The van der Waals surface area contributed by atoms with Crippen molar-refractivity contribution in [3.63, 3.8) is 0 Å². The summed E-state index contributed by atoms with van der Waals surface area (Å²) in [5.41, 5.74) is 0.701. The third-order valence-corrected chi connectivity index (χ3v) is 7.32. The zero-order chi connectivity index (χ0) is 23.5. The Morgan fingerprint density at radius 3 is 2.25 bits per heavy atom. The lowest BCUT2D eigenvalue weighted by Gasteiger charge is -2.33. The second-order valence-electron chi connectivity index (χ2n) is 7.99. The van der Waals surface area contributed by atoms with E-state index in [1.165, 1.54) is 30.3 Å². The van der Waals surface area contributed by atoms with Gasteiger partial charge >= 0.3 is 0 Å². The van der Waals surface area contributed by atoms with Gasteiger partial charge in [-0.2, -0.15) is 0 Å². The molecule has 0 bridgehead atoms. The molecule has 0 spiro atoms. The molecule has 7 nitrogen and oxygen atoms in total. The number of carbonyl (C=O) groups excluding carboxylic acids is 2. The van der Waals surface area contributed by atoms with Crippen molar-refractivity contribution in [3.05, 3.63) is 58.1 Å². The van der Waals surface area contributed by atoms with Crippen LogP contribution >= 0.6 is 23.2 Å². The van der Waals surface area contributed by atoms with E-state index in [9.17, 15) is 18.0 Å². The standard InChI is InChI=1S/C22H25Cl2N3O4S/c1-14(2)22(29)27-11-9-17(10-12-27)25-21(28)15-3-6-18(7-4-15)26-32(30,31)20-13-16(23)5-8-19(20)24/h3-8,13-14,17,26H,9-12H2,1-2H3,(H,25,28). The van der Waals surface area contributed by atoms with Crippen LogP contribution in [0.5, 0.6) is 0 Å². The van der Waals surface area contributed by atoms with Crippen molar-refractivity contribution in [2.45, 2.75) is 37.6 Å². The zero-order valence-electron chi connectivity index (χ0n) is 17.8. The first-order valence-corrected chi connectivity index (χ1v) is 12.5. The summed E-state index contributed by atoms with van der Waals surface area (Å²) in [6, 6.07) is 10.3. The number of nitrogens with zero attached hydrogens (tertiary/aromatic N) is 1. The van der Waals surface area contributed by atoms with Crippen molar-refractivity contribution in [2.75, 3.05) is 17.8 Å². The Morgan fingerprint density at radius 2 is 1.66 bits per heavy atom. The number of hydrogen-bond acceptors (Lipinski definition) is 4. The highest BCUT2D eigenvalue weighted by Crippen LogP contribution is 2.27. The van der Waals surface area contributed by atoms with Gasteiger partial charge in [-0.15, -0.1) is 0 Å². The van der Waals surface area contributed by atoms with Crippen LogP contribution in [-0.2, 0) is 14.8 Å². The van der Waals surface area contributed by atoms with E-state index in [-0.39, 0.29) is 44.4 Å². The number of anilines is 1. The zero-order valence-corrected chi connectivity index (χ0v) is 20.1. The first-order chi connectivity index (χ1) is 15.1. The number of amides is 2. The van der Waals surface area contributed by atoms with E-state index in [1.54, 1.807) is 12.1 Å². The summed E-state index contributed by atoms with van der Waals surface area (Å²) in [4.78, 5) is 26.4. The molecule has 1 aliphatic heterocycles. The van der Waals surface area contributed by atoms with Gasteiger partial charge in [0.25, 0.3) is 15.9 Å². The number of sulfonamides is 1. The predicted octanol–water partition coefficient (Wildman–Crippen LogP) is 4.17. The summed E-state index contributed by atoms with van der Waals surface area (Å²) < 4.78 is 27.7. The Bertz CT molecular complexity index is 1100. The average Bonchev–Trinajstić information content (AvgIpc) is 2.75. The van der Waals surface area contributed by atoms with Gasteiger partial charge in [0.15, 0.2) is 0 Å². The molecule has 2 N–H and O–H groups in total. The largest absolute Gasteiger partial charge is 0.349 e. The summed E-state index contributed by atoms with van der Waals surface area (Å²) in [6.45, 7) is 5.00. The smallest absolute Gasteiger partial charge is 0.263 e. The number of likely N-dealkylation sites (tertiary alicyclic amines) is 1. The quantitative estimate of drug-likeness (QED) is 0.625. The second-order valence-corrected chi connectivity index (χ2v) is 10.5. The highest BCUT2D eigenvalue weighted by atomic mass is 35.5. The minimum Gasteiger partial charge on any atom is -0.349 e. The van der Waals surface area contributed by atoms with Crippen molar-refractivity contribution in [1.29, 1.82) is 0 Å². The average molecular weight is 498 g/mol. The van der Waals surface area contributed by atoms with E-state index in [4.69, 9.17) is 23.2 Å². The molecule has 3 rings (SSSR count). The van der Waals surface area contributed by atoms with Crippen molar-refractivity contribution in [1.82, 2.24) is 10.2 Å². The molecule has 0 atom stereocenters. The first-order valence-electron chi connectivity index (χ1n) is 10.2. The topological polar surface area (TPSA) is 95.6 Å². The van der Waals surface area contributed by atoms with Crippen LogP contribution in [0.2, 0.25) is 10.0 Å². The molecule has 1 aliphatic rings. The summed E-state index contributed by atoms with van der Waals surface area (Å²) >= 11 is 11.9. The van der Waals surface area contributed by atoms with Crippen molar-refractivity contribution in [2.24, 2.45) is 5.92 Å². The minimum absolute atomic E-state index is 0.0122. The van der Waals surface area contributed by atoms with Gasteiger partial charge in [-0.05, 0) is 55.3 Å². The highest BCUT2D eigenvalue weighted by molar-refractivity contribution is 7.92. The van der Waals surface area contributed by atoms with Gasteiger partial charge in [0.05, 0.1) is 5.02 Å². The minimum atomic E-state index is -3.94. The Kier molecular flexibility index (Phi) is 7.69. The number of halogens is 2. The maximum atomic E-state index is 12.6. The Hall–Kier alpha value is -2.29. The maximum absolute atomic E-state index is 12.6. The summed E-state index contributed by atoms with van der Waals surface area (Å²) in [5.74, 6) is -0.148. The van der Waals surface area contributed by atoms with E-state index in [0.717, 1.165) is 0 Å². The molecular formula is C22H25Cl2N3O4S. The van der Waals surface area contributed by atoms with E-state index in [0.29, 0.717) is 31.5 Å². The molecule has 172 valence electrons. The van der Waals surface area contributed by atoms with Crippen LogP contribution in [0.3, 0.4) is 0 Å². The summed E-state index contributed by atoms with van der Waals surface area (Å²) in [7, 11) is -3.94. The molecule has 1 saturated heterocycles. The first kappa shape index (κ1) is 24.4. The molecule has 1 fully saturated rings. The van der Waals surface area contributed by atoms with Gasteiger partial charge < -0.3 is 10.2 Å². The number of rotatable bonds is 6. The third-order valence-electron chi connectivity index (χ3n) is 5.22. The van der Waals surface area contributed by atoms with Gasteiger partial charge in [-0.1, -0.05) is 37.0 Å². The number of piperidine rings is 1. The molecule has 1 heterocycles. The van der Waals surface area contributed by atoms with Gasteiger partial charge in [-0.25, -0.2) is 8.42 Å². The van der Waals surface area contributed by atoms with Crippen LogP contribution in [0.1, 0.15) is 37.0 Å². The molecule has 0 unspecified atom stereocenters. The summed E-state index contributed by atoms with van der Waals surface area (Å²) in [5, 5.41) is 3.29. The fourth-order valence-electron chi connectivity index (χ4n) is 3.46. The molecule has 2 aromatic carbocycles. The van der Waals surface area contributed by atoms with E-state index in [1.807, 2.05) is 18.7 Å². The van der Waals surface area contributed by atoms with Crippen molar-refractivity contribution >= 4 is 50.7 Å². The molecule has 0 saturated carbocycles. The van der Waals surface area contributed by atoms with Crippen LogP contribution < -0.4 is 10.0 Å². The fraction of sp³-hybridized carbons (Fsp3) is 0.364. The second kappa shape index (κ2) is 10.1. The lowest BCUT2D eigenvalue weighted by atomic mass is 10.0. The monoisotopic (exact) mass is 497 g/mol. The van der Waals surface area contributed by atoms with Crippen LogP contribution in [0, 0.1) is 5.92 Å². The van der Waals surface area contributed by atoms with Crippen LogP contribution in [0.25, 0.3) is 0 Å². The van der Waals surface area contributed by atoms with Crippen molar-refractivity contribution in [3.8, 4) is 0 Å². The van der Waals surface area contributed by atoms with E-state index in [2.05, 4.69) is 10.0 Å². The molecule has 0 aromatic heterocycles. The van der Waals surface area contributed by atoms with Crippen LogP contribution in [-0.4, -0.2) is 44.3 Å². The molecule has 10 heteroatoms. The Labute approximate surface area is 198 Å². The predicted molar refractivity (Wildman–Crippen MR) is 126 cm³/mol. The number of hydrogen-bond donors (Lipinski definition) is 2. The fourth-order valence-corrected chi connectivity index (χ4v) is 5.28. The van der Waals surface area contributed by atoms with E-state index >= 15 is 0 Å². The number of carbonyl (C=O) groups is 2. The van der Waals surface area contributed by atoms with Gasteiger partial charge in [-0.3, -0.25) is 14.3 Å². The maximum Gasteiger partial charge on any atom is 0.263 e. The molecule has 32 heavy (non-hydrogen) atoms. The number of nitrogens with one attached hydrogen (secondary N) is 2. The highest BCUT2D eigenvalue weighted by Gasteiger charge is 2.25. The van der Waals surface area contributed by atoms with Crippen LogP contribution in [0.15, 0.2) is 47.4 Å². The normalized spacial score (nSPS) is 15.0. The molecular weight excluding hydrogens is 473 g/mol. The molecule has 2 aromatic rings. The lowest BCUT2D eigenvalue weighted by Crippen LogP contribution is -2.47. The Morgan fingerprint density at radius 1 is 1.03 bits per heavy atom. The third kappa shape index (κ3) is 5.94. The SMILES string of the molecule is CC(C)C(=O)N1CCC(NC(=O)c2ccc(NS(=O)(=O)c3cc(Cl)ccc3Cl)cc2)CC1. The van der Waals surface area contributed by atoms with Crippen LogP contribution in [0.4, 0.5) is 5.69 Å². The molecule has 2 amide bonds. The van der Waals surface area contributed by atoms with E-state index < -0.39 is 10.0 Å². The molecule has 0 radical (unpaired) electrons. The molecule has 0 aliphatic carbocycles. The van der Waals surface area contributed by atoms with Gasteiger partial charge in [0.2, 0.25) is 5.91 Å². The summed E-state index contributed by atoms with van der Waals surface area (Å²) in [6.07, 6.45) is 1.39.